The molecule has 3 heteroatoms. The first-order chi connectivity index (χ1) is 9.58. The average Bonchev–Trinajstić information content (AvgIpc) is 2.44. The summed E-state index contributed by atoms with van der Waals surface area (Å²) in [5.74, 6) is 0.620. The molecule has 0 unspecified atom stereocenters. The molecule has 1 aliphatic rings. The van der Waals surface area contributed by atoms with E-state index in [1.54, 1.807) is 0 Å². The Balaban J connectivity index is 1.87. The molecule has 110 valence electrons. The molecule has 0 N–H and O–H groups in total. The molecule has 1 aliphatic heterocycles. The van der Waals surface area contributed by atoms with E-state index in [4.69, 9.17) is 9.47 Å². The van der Waals surface area contributed by atoms with Crippen molar-refractivity contribution in [3.8, 4) is 0 Å². The van der Waals surface area contributed by atoms with Crippen LogP contribution in [0, 0.1) is 26.7 Å². The largest absolute Gasteiger partial charge is 0.381 e. The summed E-state index contributed by atoms with van der Waals surface area (Å²) in [4.78, 5) is 12.2. The van der Waals surface area contributed by atoms with Gasteiger partial charge in [-0.1, -0.05) is 6.07 Å². The minimum Gasteiger partial charge on any atom is -0.381 e. The number of ether oxygens (including phenoxy) is 2. The molecule has 1 fully saturated rings. The molecule has 0 aliphatic carbocycles. The van der Waals surface area contributed by atoms with Crippen molar-refractivity contribution >= 4 is 5.78 Å². The van der Waals surface area contributed by atoms with Gasteiger partial charge in [0.2, 0.25) is 0 Å². The molecule has 1 heterocycles. The fraction of sp³-hybridized carbons (Fsp3) is 0.588. The van der Waals surface area contributed by atoms with Gasteiger partial charge in [0.1, 0.15) is 6.61 Å². The lowest BCUT2D eigenvalue weighted by atomic mass is 9.98. The maximum atomic E-state index is 12.2. The standard InChI is InChI=1S/C17H24O3/c1-12-8-14(3)16(9-13(12)2)17(18)11-20-10-15-4-6-19-7-5-15/h8-9,15H,4-7,10-11H2,1-3H3. The zero-order valence-corrected chi connectivity index (χ0v) is 12.7. The molecular weight excluding hydrogens is 252 g/mol. The van der Waals surface area contributed by atoms with Crippen LogP contribution in [0.4, 0.5) is 0 Å². The number of rotatable bonds is 5. The topological polar surface area (TPSA) is 35.5 Å². The Morgan fingerprint density at radius 2 is 1.80 bits per heavy atom. The van der Waals surface area contributed by atoms with Crippen molar-refractivity contribution in [2.45, 2.75) is 33.6 Å². The Kier molecular flexibility index (Phi) is 5.32. The number of hydrogen-bond acceptors (Lipinski definition) is 3. The van der Waals surface area contributed by atoms with Crippen LogP contribution in [0.5, 0.6) is 0 Å². The Hall–Kier alpha value is -1.19. The molecule has 1 saturated heterocycles. The van der Waals surface area contributed by atoms with E-state index in [1.165, 1.54) is 5.56 Å². The minimum atomic E-state index is 0.0812. The van der Waals surface area contributed by atoms with Gasteiger partial charge in [-0.3, -0.25) is 4.79 Å². The summed E-state index contributed by atoms with van der Waals surface area (Å²) < 4.78 is 10.9. The zero-order valence-electron chi connectivity index (χ0n) is 12.7. The summed E-state index contributed by atoms with van der Waals surface area (Å²) in [5.41, 5.74) is 4.21. The molecule has 0 spiro atoms. The Morgan fingerprint density at radius 3 is 2.50 bits per heavy atom. The van der Waals surface area contributed by atoms with E-state index in [2.05, 4.69) is 13.0 Å². The van der Waals surface area contributed by atoms with Gasteiger partial charge in [-0.05, 0) is 62.3 Å². The summed E-state index contributed by atoms with van der Waals surface area (Å²) in [7, 11) is 0. The fourth-order valence-electron chi connectivity index (χ4n) is 2.57. The molecule has 0 aromatic heterocycles. The van der Waals surface area contributed by atoms with Gasteiger partial charge in [0.15, 0.2) is 5.78 Å². The van der Waals surface area contributed by atoms with E-state index in [1.807, 2.05) is 19.9 Å². The highest BCUT2D eigenvalue weighted by Crippen LogP contribution is 2.17. The smallest absolute Gasteiger partial charge is 0.188 e. The Labute approximate surface area is 121 Å². The van der Waals surface area contributed by atoms with Gasteiger partial charge >= 0.3 is 0 Å². The van der Waals surface area contributed by atoms with E-state index in [9.17, 15) is 4.79 Å². The summed E-state index contributed by atoms with van der Waals surface area (Å²) in [6.07, 6.45) is 2.08. The molecule has 3 nitrogen and oxygen atoms in total. The van der Waals surface area contributed by atoms with Crippen LogP contribution in [0.15, 0.2) is 12.1 Å². The van der Waals surface area contributed by atoms with Crippen LogP contribution in [0.3, 0.4) is 0 Å². The molecule has 0 saturated carbocycles. The number of carbonyl (C=O) groups is 1. The van der Waals surface area contributed by atoms with E-state index in [0.717, 1.165) is 42.7 Å². The highest BCUT2D eigenvalue weighted by Gasteiger charge is 2.16. The second kappa shape index (κ2) is 7.00. The molecule has 1 aromatic carbocycles. The van der Waals surface area contributed by atoms with E-state index >= 15 is 0 Å². The van der Waals surface area contributed by atoms with Crippen molar-refractivity contribution in [3.63, 3.8) is 0 Å². The maximum absolute atomic E-state index is 12.2. The monoisotopic (exact) mass is 276 g/mol. The summed E-state index contributed by atoms with van der Waals surface area (Å²) in [6, 6.07) is 4.05. The van der Waals surface area contributed by atoms with Gasteiger partial charge in [-0.25, -0.2) is 0 Å². The Morgan fingerprint density at radius 1 is 1.15 bits per heavy atom. The third kappa shape index (κ3) is 3.90. The normalized spacial score (nSPS) is 16.4. The predicted molar refractivity (Wildman–Crippen MR) is 79.3 cm³/mol. The molecule has 0 bridgehead atoms. The summed E-state index contributed by atoms with van der Waals surface area (Å²) in [6.45, 7) is 8.57. The zero-order chi connectivity index (χ0) is 14.5. The van der Waals surface area contributed by atoms with Crippen LogP contribution in [-0.4, -0.2) is 32.2 Å². The SMILES string of the molecule is Cc1cc(C)c(C(=O)COCC2CCOCC2)cc1C. The van der Waals surface area contributed by atoms with E-state index in [-0.39, 0.29) is 12.4 Å². The van der Waals surface area contributed by atoms with Gasteiger partial charge < -0.3 is 9.47 Å². The fourth-order valence-corrected chi connectivity index (χ4v) is 2.57. The van der Waals surface area contributed by atoms with Crippen LogP contribution in [0.25, 0.3) is 0 Å². The third-order valence-corrected chi connectivity index (χ3v) is 4.07. The van der Waals surface area contributed by atoms with Crippen molar-refractivity contribution in [2.75, 3.05) is 26.4 Å². The number of carbonyl (C=O) groups excluding carboxylic acids is 1. The van der Waals surface area contributed by atoms with Crippen molar-refractivity contribution < 1.29 is 14.3 Å². The average molecular weight is 276 g/mol. The van der Waals surface area contributed by atoms with Crippen molar-refractivity contribution in [3.05, 3.63) is 34.4 Å². The van der Waals surface area contributed by atoms with Crippen molar-refractivity contribution in [2.24, 2.45) is 5.92 Å². The van der Waals surface area contributed by atoms with Crippen molar-refractivity contribution in [1.29, 1.82) is 0 Å². The second-order valence-corrected chi connectivity index (χ2v) is 5.75. The highest BCUT2D eigenvalue weighted by atomic mass is 16.5. The van der Waals surface area contributed by atoms with E-state index in [0.29, 0.717) is 12.5 Å². The van der Waals surface area contributed by atoms with Crippen LogP contribution in [0.2, 0.25) is 0 Å². The number of ketones is 1. The molecular formula is C17H24O3. The van der Waals surface area contributed by atoms with Crippen molar-refractivity contribution in [1.82, 2.24) is 0 Å². The van der Waals surface area contributed by atoms with Crippen LogP contribution in [-0.2, 0) is 9.47 Å². The van der Waals surface area contributed by atoms with Gasteiger partial charge in [-0.15, -0.1) is 0 Å². The predicted octanol–water partition coefficient (Wildman–Crippen LogP) is 3.24. The number of aryl methyl sites for hydroxylation is 3. The molecule has 1 aromatic rings. The molecule has 0 radical (unpaired) electrons. The van der Waals surface area contributed by atoms with E-state index < -0.39 is 0 Å². The van der Waals surface area contributed by atoms with Gasteiger partial charge in [0.25, 0.3) is 0 Å². The second-order valence-electron chi connectivity index (χ2n) is 5.75. The van der Waals surface area contributed by atoms with Gasteiger partial charge in [0, 0.05) is 18.8 Å². The molecule has 0 amide bonds. The lowest BCUT2D eigenvalue weighted by molar-refractivity contribution is 0.0216. The molecule has 0 atom stereocenters. The van der Waals surface area contributed by atoms with Gasteiger partial charge in [-0.2, -0.15) is 0 Å². The first-order valence-electron chi connectivity index (χ1n) is 7.34. The van der Waals surface area contributed by atoms with Crippen LogP contribution < -0.4 is 0 Å². The quantitative estimate of drug-likeness (QED) is 0.775. The third-order valence-electron chi connectivity index (χ3n) is 4.07. The minimum absolute atomic E-state index is 0.0812. The first-order valence-corrected chi connectivity index (χ1v) is 7.34. The summed E-state index contributed by atoms with van der Waals surface area (Å²) in [5, 5.41) is 0. The summed E-state index contributed by atoms with van der Waals surface area (Å²) >= 11 is 0. The highest BCUT2D eigenvalue weighted by molar-refractivity contribution is 5.98. The molecule has 20 heavy (non-hydrogen) atoms. The number of benzene rings is 1. The Bertz CT molecular complexity index is 473. The maximum Gasteiger partial charge on any atom is 0.188 e. The lowest BCUT2D eigenvalue weighted by Gasteiger charge is -2.21. The lowest BCUT2D eigenvalue weighted by Crippen LogP contribution is -2.22. The first kappa shape index (κ1) is 15.2. The van der Waals surface area contributed by atoms with Crippen LogP contribution in [0.1, 0.15) is 39.9 Å². The number of Topliss-reactive ketones (excluding diaryl/α,β-unsaturated/α-hetero) is 1. The molecule has 2 rings (SSSR count). The van der Waals surface area contributed by atoms with Gasteiger partial charge in [0.05, 0.1) is 6.61 Å². The number of hydrogen-bond donors (Lipinski definition) is 0. The van der Waals surface area contributed by atoms with Crippen LogP contribution >= 0.6 is 0 Å².